The number of carbonyl (C=O) groups excluding carboxylic acids is 1. The van der Waals surface area contributed by atoms with Crippen LogP contribution in [0.1, 0.15) is 27.6 Å². The maximum atomic E-state index is 12.3. The molecule has 0 aliphatic carbocycles. The zero-order valence-electron chi connectivity index (χ0n) is 16.6. The highest BCUT2D eigenvalue weighted by Gasteiger charge is 2.33. The summed E-state index contributed by atoms with van der Waals surface area (Å²) < 4.78 is 10.6. The van der Waals surface area contributed by atoms with Gasteiger partial charge in [0.2, 0.25) is 5.75 Å². The van der Waals surface area contributed by atoms with Crippen molar-refractivity contribution in [2.45, 2.75) is 18.6 Å². The summed E-state index contributed by atoms with van der Waals surface area (Å²) in [5, 5.41) is 79.2. The molecule has 4 rings (SSSR count). The van der Waals surface area contributed by atoms with Crippen LogP contribution < -0.4 is 9.47 Å². The molecule has 33 heavy (non-hydrogen) atoms. The molecule has 0 radical (unpaired) electrons. The Balaban J connectivity index is 1.62. The molecule has 172 valence electrons. The lowest BCUT2D eigenvalue weighted by molar-refractivity contribution is 0.0195. The van der Waals surface area contributed by atoms with Gasteiger partial charge in [-0.3, -0.25) is 0 Å². The average Bonchev–Trinajstić information content (AvgIpc) is 2.74. The number of benzene rings is 3. The maximum absolute atomic E-state index is 12.3. The van der Waals surface area contributed by atoms with E-state index in [0.29, 0.717) is 0 Å². The second-order valence-electron chi connectivity index (χ2n) is 7.39. The minimum Gasteiger partial charge on any atom is -0.508 e. The molecule has 0 amide bonds. The van der Waals surface area contributed by atoms with Crippen LogP contribution in [0.25, 0.3) is 0 Å². The number of ether oxygens (including phenoxy) is 2. The largest absolute Gasteiger partial charge is 0.508 e. The van der Waals surface area contributed by atoms with Crippen LogP contribution in [0.4, 0.5) is 0 Å². The van der Waals surface area contributed by atoms with Crippen LogP contribution in [0, 0.1) is 0 Å². The van der Waals surface area contributed by atoms with E-state index in [0.717, 1.165) is 30.3 Å². The van der Waals surface area contributed by atoms with E-state index in [4.69, 9.17) is 9.47 Å². The summed E-state index contributed by atoms with van der Waals surface area (Å²) >= 11 is 0. The number of phenols is 7. The van der Waals surface area contributed by atoms with Gasteiger partial charge in [0.15, 0.2) is 34.9 Å². The second kappa shape index (κ2) is 7.88. The molecule has 1 heterocycles. The first-order valence-electron chi connectivity index (χ1n) is 9.47. The van der Waals surface area contributed by atoms with Crippen LogP contribution in [0.15, 0.2) is 36.4 Å². The van der Waals surface area contributed by atoms with Crippen molar-refractivity contribution in [2.24, 2.45) is 0 Å². The molecule has 8 N–H and O–H groups in total. The van der Waals surface area contributed by atoms with Gasteiger partial charge in [-0.15, -0.1) is 0 Å². The van der Waals surface area contributed by atoms with Crippen molar-refractivity contribution in [3.8, 4) is 51.7 Å². The monoisotopic (exact) mass is 458 g/mol. The van der Waals surface area contributed by atoms with E-state index in [9.17, 15) is 45.6 Å². The maximum Gasteiger partial charge on any atom is 0.344 e. The lowest BCUT2D eigenvalue weighted by Crippen LogP contribution is -2.30. The lowest BCUT2D eigenvalue weighted by Gasteiger charge is -2.31. The summed E-state index contributed by atoms with van der Waals surface area (Å²) in [4.78, 5) is 12.3. The molecule has 0 spiro atoms. The third-order valence-corrected chi connectivity index (χ3v) is 5.09. The van der Waals surface area contributed by atoms with Crippen LogP contribution in [-0.4, -0.2) is 52.9 Å². The number of carbonyl (C=O) groups is 1. The van der Waals surface area contributed by atoms with Crippen molar-refractivity contribution in [1.82, 2.24) is 0 Å². The quantitative estimate of drug-likeness (QED) is 0.162. The van der Waals surface area contributed by atoms with Crippen molar-refractivity contribution in [2.75, 3.05) is 0 Å². The minimum atomic E-state index is -1.19. The first-order chi connectivity index (χ1) is 15.5. The predicted octanol–water partition coefficient (Wildman–Crippen LogP) is 1.88. The van der Waals surface area contributed by atoms with Gasteiger partial charge < -0.3 is 50.3 Å². The van der Waals surface area contributed by atoms with Crippen molar-refractivity contribution in [1.29, 1.82) is 0 Å². The molecule has 0 unspecified atom stereocenters. The third-order valence-electron chi connectivity index (χ3n) is 5.09. The average molecular weight is 458 g/mol. The zero-order valence-corrected chi connectivity index (χ0v) is 16.6. The number of fused-ring (bicyclic) bond motifs is 1. The number of aromatic hydroxyl groups is 7. The van der Waals surface area contributed by atoms with Crippen molar-refractivity contribution >= 4 is 5.97 Å². The standard InChI is InChI=1S/C22H18O11/c23-10-5-12(24)11-7-17(29)20(32-18(11)6-10)8-1-15(27)21(16(28)2-8)33-22(31)9-3-13(25)19(30)14(26)4-9/h1-6,17,20,23-30H,7H2/t17-,20+/m1/s1. The Kier molecular flexibility index (Phi) is 5.18. The van der Waals surface area contributed by atoms with E-state index in [1.165, 1.54) is 6.07 Å². The van der Waals surface area contributed by atoms with Gasteiger partial charge in [-0.1, -0.05) is 0 Å². The first kappa shape index (κ1) is 21.7. The number of hydrogen-bond donors (Lipinski definition) is 8. The van der Waals surface area contributed by atoms with Crippen molar-refractivity contribution < 1.29 is 55.1 Å². The summed E-state index contributed by atoms with van der Waals surface area (Å²) in [7, 11) is 0. The molecular weight excluding hydrogens is 440 g/mol. The highest BCUT2D eigenvalue weighted by Crippen LogP contribution is 2.45. The molecule has 0 bridgehead atoms. The van der Waals surface area contributed by atoms with E-state index in [1.807, 2.05) is 0 Å². The fraction of sp³-hybridized carbons (Fsp3) is 0.136. The Morgan fingerprint density at radius 1 is 0.818 bits per heavy atom. The Labute approximate surface area is 185 Å². The molecule has 0 fully saturated rings. The summed E-state index contributed by atoms with van der Waals surface area (Å²) in [6, 6.07) is 6.13. The van der Waals surface area contributed by atoms with E-state index >= 15 is 0 Å². The summed E-state index contributed by atoms with van der Waals surface area (Å²) in [6.45, 7) is 0. The van der Waals surface area contributed by atoms with Gasteiger partial charge in [0.1, 0.15) is 17.2 Å². The number of aliphatic hydroxyl groups excluding tert-OH is 1. The summed E-state index contributed by atoms with van der Waals surface area (Å²) in [6.07, 6.45) is -2.34. The van der Waals surface area contributed by atoms with Gasteiger partial charge in [-0.25, -0.2) is 4.79 Å². The van der Waals surface area contributed by atoms with Gasteiger partial charge in [-0.2, -0.15) is 0 Å². The number of aliphatic hydroxyl groups is 1. The molecule has 1 aliphatic rings. The van der Waals surface area contributed by atoms with Crippen LogP contribution >= 0.6 is 0 Å². The number of hydrogen-bond acceptors (Lipinski definition) is 11. The highest BCUT2D eigenvalue weighted by atomic mass is 16.5. The summed E-state index contributed by atoms with van der Waals surface area (Å²) in [5.74, 6) is -6.03. The van der Waals surface area contributed by atoms with Crippen LogP contribution in [0.3, 0.4) is 0 Å². The smallest absolute Gasteiger partial charge is 0.344 e. The molecule has 3 aromatic carbocycles. The van der Waals surface area contributed by atoms with Gasteiger partial charge >= 0.3 is 5.97 Å². The van der Waals surface area contributed by atoms with Crippen LogP contribution in [-0.2, 0) is 6.42 Å². The Morgan fingerprint density at radius 3 is 2.03 bits per heavy atom. The molecule has 2 atom stereocenters. The Bertz CT molecular complexity index is 1220. The molecular formula is C22H18O11. The van der Waals surface area contributed by atoms with E-state index in [2.05, 4.69) is 0 Å². The molecule has 0 aromatic heterocycles. The zero-order chi connectivity index (χ0) is 24.0. The fourth-order valence-corrected chi connectivity index (χ4v) is 3.51. The molecule has 3 aromatic rings. The van der Waals surface area contributed by atoms with Gasteiger partial charge in [0, 0.05) is 29.7 Å². The van der Waals surface area contributed by atoms with E-state index in [1.54, 1.807) is 0 Å². The molecule has 1 aliphatic heterocycles. The van der Waals surface area contributed by atoms with Gasteiger partial charge in [-0.05, 0) is 24.3 Å². The van der Waals surface area contributed by atoms with E-state index < -0.39 is 52.7 Å². The summed E-state index contributed by atoms with van der Waals surface area (Å²) in [5.41, 5.74) is -0.00501. The highest BCUT2D eigenvalue weighted by molar-refractivity contribution is 5.93. The van der Waals surface area contributed by atoms with Crippen LogP contribution in [0.2, 0.25) is 0 Å². The normalized spacial score (nSPS) is 17.1. The van der Waals surface area contributed by atoms with Crippen LogP contribution in [0.5, 0.6) is 51.7 Å². The lowest BCUT2D eigenvalue weighted by atomic mass is 9.93. The number of rotatable bonds is 3. The molecule has 11 nitrogen and oxygen atoms in total. The predicted molar refractivity (Wildman–Crippen MR) is 109 cm³/mol. The Hall–Kier alpha value is -4.51. The third kappa shape index (κ3) is 3.92. The number of phenolic OH excluding ortho intramolecular Hbond substituents is 7. The molecule has 0 saturated heterocycles. The minimum absolute atomic E-state index is 0.0434. The molecule has 0 saturated carbocycles. The van der Waals surface area contributed by atoms with Gasteiger partial charge in [0.05, 0.1) is 11.7 Å². The van der Waals surface area contributed by atoms with Crippen molar-refractivity contribution in [3.05, 3.63) is 53.1 Å². The molecule has 11 heteroatoms. The topological polar surface area (TPSA) is 197 Å². The first-order valence-corrected chi connectivity index (χ1v) is 9.47. The second-order valence-corrected chi connectivity index (χ2v) is 7.39. The van der Waals surface area contributed by atoms with Gasteiger partial charge in [0.25, 0.3) is 0 Å². The Morgan fingerprint density at radius 2 is 1.42 bits per heavy atom. The fourth-order valence-electron chi connectivity index (χ4n) is 3.51. The van der Waals surface area contributed by atoms with Crippen molar-refractivity contribution in [3.63, 3.8) is 0 Å². The van der Waals surface area contributed by atoms with E-state index in [-0.39, 0.29) is 40.4 Å². The SMILES string of the molecule is O=C(Oc1c(O)cc([C@@H]2Oc3cc(O)cc(O)c3C[C@H]2O)cc1O)c1cc(O)c(O)c(O)c1. The number of esters is 1.